The van der Waals surface area contributed by atoms with Crippen LogP contribution in [-0.4, -0.2) is 36.0 Å². The molecule has 0 fully saturated rings. The number of amides is 1. The highest BCUT2D eigenvalue weighted by atomic mass is 16.5. The van der Waals surface area contributed by atoms with Gasteiger partial charge in [-0.05, 0) is 17.7 Å². The molecule has 2 rings (SSSR count). The number of hydrogen-bond acceptors (Lipinski definition) is 3. The quantitative estimate of drug-likeness (QED) is 0.793. The lowest BCUT2D eigenvalue weighted by atomic mass is 10.1. The summed E-state index contributed by atoms with van der Waals surface area (Å²) in [4.78, 5) is 23.3. The first-order valence-corrected chi connectivity index (χ1v) is 7.31. The first-order chi connectivity index (χ1) is 11.1. The third kappa shape index (κ3) is 4.57. The molecular weight excluding hydrogens is 294 g/mol. The highest BCUT2D eigenvalue weighted by Gasteiger charge is 2.17. The van der Waals surface area contributed by atoms with Crippen LogP contribution >= 0.6 is 0 Å². The minimum absolute atomic E-state index is 0.331. The molecule has 0 aliphatic carbocycles. The normalized spacial score (nSPS) is 11.5. The number of carbonyl (C=O) groups excluding carboxylic acids is 1. The van der Waals surface area contributed by atoms with Crippen LogP contribution in [0.25, 0.3) is 0 Å². The molecule has 0 spiro atoms. The number of benzene rings is 2. The summed E-state index contributed by atoms with van der Waals surface area (Å²) < 4.78 is 6.00. The van der Waals surface area contributed by atoms with Crippen LogP contribution in [0, 0.1) is 0 Å². The molecule has 1 N–H and O–H groups in total. The van der Waals surface area contributed by atoms with Gasteiger partial charge < -0.3 is 14.7 Å². The molecule has 0 heterocycles. The van der Waals surface area contributed by atoms with Crippen molar-refractivity contribution in [2.24, 2.45) is 0 Å². The highest BCUT2D eigenvalue weighted by molar-refractivity contribution is 5.79. The molecule has 1 atom stereocenters. The summed E-state index contributed by atoms with van der Waals surface area (Å²) in [6.07, 6.45) is -0.0787. The van der Waals surface area contributed by atoms with Crippen LogP contribution in [0.1, 0.15) is 28.4 Å². The van der Waals surface area contributed by atoms with Gasteiger partial charge in [-0.2, -0.15) is 0 Å². The molecule has 1 amide bonds. The molecule has 0 radical (unpaired) electrons. The van der Waals surface area contributed by atoms with E-state index in [1.54, 1.807) is 24.3 Å². The van der Waals surface area contributed by atoms with Gasteiger partial charge in [-0.1, -0.05) is 42.5 Å². The Kier molecular flexibility index (Phi) is 5.74. The second-order valence-electron chi connectivity index (χ2n) is 5.17. The third-order valence-electron chi connectivity index (χ3n) is 3.54. The number of para-hydroxylation sites is 1. The summed E-state index contributed by atoms with van der Waals surface area (Å²) in [5.74, 6) is 0.495. The van der Waals surface area contributed by atoms with E-state index in [2.05, 4.69) is 0 Å². The predicted molar refractivity (Wildman–Crippen MR) is 86.9 cm³/mol. The van der Waals surface area contributed by atoms with Gasteiger partial charge in [0.15, 0.2) is 6.29 Å². The lowest BCUT2D eigenvalue weighted by Gasteiger charge is -2.22. The van der Waals surface area contributed by atoms with Crippen LogP contribution in [0.5, 0.6) is 5.75 Å². The zero-order valence-corrected chi connectivity index (χ0v) is 12.9. The Morgan fingerprint density at radius 1 is 1.17 bits per heavy atom. The number of carboxylic acid groups (broad SMARTS) is 1. The highest BCUT2D eigenvalue weighted by Crippen LogP contribution is 2.27. The van der Waals surface area contributed by atoms with E-state index in [0.29, 0.717) is 24.3 Å². The Labute approximate surface area is 135 Å². The zero-order chi connectivity index (χ0) is 16.7. The van der Waals surface area contributed by atoms with E-state index in [4.69, 9.17) is 9.84 Å². The van der Waals surface area contributed by atoms with Gasteiger partial charge in [-0.25, -0.2) is 4.79 Å². The van der Waals surface area contributed by atoms with Crippen molar-refractivity contribution in [3.63, 3.8) is 0 Å². The van der Waals surface area contributed by atoms with Gasteiger partial charge in [0.2, 0.25) is 0 Å². The topological polar surface area (TPSA) is 66.8 Å². The lowest BCUT2D eigenvalue weighted by molar-refractivity contribution is 0.111. The summed E-state index contributed by atoms with van der Waals surface area (Å²) in [6.45, 7) is 0.331. The molecule has 1 unspecified atom stereocenters. The van der Waals surface area contributed by atoms with Gasteiger partial charge in [0.25, 0.3) is 0 Å². The summed E-state index contributed by atoms with van der Waals surface area (Å²) in [7, 11) is 1.52. The molecule has 23 heavy (non-hydrogen) atoms. The van der Waals surface area contributed by atoms with E-state index in [9.17, 15) is 9.59 Å². The summed E-state index contributed by atoms with van der Waals surface area (Å²) in [6, 6.07) is 16.6. The van der Waals surface area contributed by atoms with Crippen LogP contribution in [0.2, 0.25) is 0 Å². The molecule has 120 valence electrons. The van der Waals surface area contributed by atoms with Crippen LogP contribution in [0.3, 0.4) is 0 Å². The average molecular weight is 313 g/mol. The minimum Gasteiger partial charge on any atom is -0.485 e. The van der Waals surface area contributed by atoms with Gasteiger partial charge in [0.05, 0.1) is 5.56 Å². The SMILES string of the molecule is CN(CCC(Oc1ccccc1C=O)c1ccccc1)C(=O)O. The van der Waals surface area contributed by atoms with Crippen molar-refractivity contribution in [2.45, 2.75) is 12.5 Å². The number of carbonyl (C=O) groups is 2. The second-order valence-corrected chi connectivity index (χ2v) is 5.17. The molecule has 0 aromatic heterocycles. The molecule has 0 saturated heterocycles. The maximum atomic E-state index is 11.1. The van der Waals surface area contributed by atoms with E-state index in [0.717, 1.165) is 11.8 Å². The molecular formula is C18H19NO4. The molecule has 0 bridgehead atoms. The number of aldehydes is 1. The summed E-state index contributed by atoms with van der Waals surface area (Å²) >= 11 is 0. The summed E-state index contributed by atoms with van der Waals surface area (Å²) in [5.41, 5.74) is 1.41. The fourth-order valence-corrected chi connectivity index (χ4v) is 2.21. The molecule has 2 aromatic rings. The van der Waals surface area contributed by atoms with Gasteiger partial charge in [0, 0.05) is 20.0 Å². The Hall–Kier alpha value is -2.82. The van der Waals surface area contributed by atoms with Gasteiger partial charge in [-0.3, -0.25) is 4.79 Å². The van der Waals surface area contributed by atoms with Crippen molar-refractivity contribution in [1.82, 2.24) is 4.90 Å². The zero-order valence-electron chi connectivity index (χ0n) is 12.9. The largest absolute Gasteiger partial charge is 0.485 e. The minimum atomic E-state index is -0.981. The standard InChI is InChI=1S/C18H19NO4/c1-19(18(21)22)12-11-17(14-7-3-2-4-8-14)23-16-10-6-5-9-15(16)13-20/h2-10,13,17H,11-12H2,1H3,(H,21,22). The fourth-order valence-electron chi connectivity index (χ4n) is 2.21. The van der Waals surface area contributed by atoms with E-state index in [-0.39, 0.29) is 6.10 Å². The fraction of sp³-hybridized carbons (Fsp3) is 0.222. The van der Waals surface area contributed by atoms with Gasteiger partial charge in [-0.15, -0.1) is 0 Å². The van der Waals surface area contributed by atoms with Crippen molar-refractivity contribution in [3.05, 3.63) is 65.7 Å². The van der Waals surface area contributed by atoms with Gasteiger partial charge >= 0.3 is 6.09 Å². The van der Waals surface area contributed by atoms with E-state index < -0.39 is 6.09 Å². The van der Waals surface area contributed by atoms with Crippen LogP contribution in [-0.2, 0) is 0 Å². The van der Waals surface area contributed by atoms with Crippen LogP contribution in [0.15, 0.2) is 54.6 Å². The average Bonchev–Trinajstić information content (AvgIpc) is 2.59. The number of hydrogen-bond donors (Lipinski definition) is 1. The lowest BCUT2D eigenvalue weighted by Crippen LogP contribution is -2.27. The molecule has 5 nitrogen and oxygen atoms in total. The first kappa shape index (κ1) is 16.5. The Morgan fingerprint density at radius 2 is 1.83 bits per heavy atom. The Balaban J connectivity index is 2.20. The van der Waals surface area contributed by atoms with Crippen molar-refractivity contribution in [1.29, 1.82) is 0 Å². The van der Waals surface area contributed by atoms with Crippen molar-refractivity contribution in [2.75, 3.05) is 13.6 Å². The van der Waals surface area contributed by atoms with E-state index >= 15 is 0 Å². The van der Waals surface area contributed by atoms with Crippen molar-refractivity contribution >= 4 is 12.4 Å². The van der Waals surface area contributed by atoms with E-state index in [1.165, 1.54) is 11.9 Å². The molecule has 2 aromatic carbocycles. The molecule has 0 saturated carbocycles. The Morgan fingerprint density at radius 3 is 2.48 bits per heavy atom. The first-order valence-electron chi connectivity index (χ1n) is 7.31. The van der Waals surface area contributed by atoms with Crippen LogP contribution < -0.4 is 4.74 Å². The number of ether oxygens (including phenoxy) is 1. The maximum absolute atomic E-state index is 11.1. The maximum Gasteiger partial charge on any atom is 0.407 e. The van der Waals surface area contributed by atoms with E-state index in [1.807, 2.05) is 30.3 Å². The second kappa shape index (κ2) is 7.98. The monoisotopic (exact) mass is 313 g/mol. The van der Waals surface area contributed by atoms with Crippen LogP contribution in [0.4, 0.5) is 4.79 Å². The smallest absolute Gasteiger partial charge is 0.407 e. The summed E-state index contributed by atoms with van der Waals surface area (Å²) in [5, 5.41) is 8.98. The van der Waals surface area contributed by atoms with Crippen molar-refractivity contribution in [3.8, 4) is 5.75 Å². The molecule has 0 aliphatic rings. The number of rotatable bonds is 7. The predicted octanol–water partition coefficient (Wildman–Crippen LogP) is 3.62. The Bertz CT molecular complexity index is 657. The number of nitrogens with zero attached hydrogens (tertiary/aromatic N) is 1. The molecule has 5 heteroatoms. The molecule has 0 aliphatic heterocycles. The van der Waals surface area contributed by atoms with Crippen molar-refractivity contribution < 1.29 is 19.4 Å². The van der Waals surface area contributed by atoms with Gasteiger partial charge in [0.1, 0.15) is 11.9 Å². The third-order valence-corrected chi connectivity index (χ3v) is 3.54.